The summed E-state index contributed by atoms with van der Waals surface area (Å²) in [5.74, 6) is -0.308. The Labute approximate surface area is 119 Å². The zero-order valence-electron chi connectivity index (χ0n) is 11.8. The Bertz CT molecular complexity index is 613. The molecule has 0 saturated carbocycles. The van der Waals surface area contributed by atoms with E-state index in [0.717, 1.165) is 11.1 Å². The van der Waals surface area contributed by atoms with Gasteiger partial charge in [0.25, 0.3) is 0 Å². The van der Waals surface area contributed by atoms with Gasteiger partial charge in [0.15, 0.2) is 0 Å². The van der Waals surface area contributed by atoms with E-state index in [1.54, 1.807) is 13.0 Å². The van der Waals surface area contributed by atoms with Crippen LogP contribution in [0.4, 0.5) is 0 Å². The highest BCUT2D eigenvalue weighted by molar-refractivity contribution is 5.88. The molecule has 0 aromatic heterocycles. The molecule has 2 rings (SSSR count). The second-order valence-electron chi connectivity index (χ2n) is 4.47. The van der Waals surface area contributed by atoms with Crippen LogP contribution in [0.5, 0.6) is 0 Å². The minimum atomic E-state index is -0.308. The molecule has 20 heavy (non-hydrogen) atoms. The standard InChI is InChI=1S/C18H18O2/c1-3-20-18(19)13-12-15-10-7-11-17(14(15)2)16-8-5-4-6-9-16/h4-13H,3H2,1-2H3/b13-12+. The van der Waals surface area contributed by atoms with Crippen LogP contribution in [-0.4, -0.2) is 12.6 Å². The van der Waals surface area contributed by atoms with Gasteiger partial charge >= 0.3 is 5.97 Å². The minimum Gasteiger partial charge on any atom is -0.463 e. The van der Waals surface area contributed by atoms with Crippen molar-refractivity contribution in [1.29, 1.82) is 0 Å². The molecule has 0 unspecified atom stereocenters. The molecule has 2 aromatic carbocycles. The molecule has 2 aromatic rings. The van der Waals surface area contributed by atoms with Crippen molar-refractivity contribution in [2.75, 3.05) is 6.61 Å². The summed E-state index contributed by atoms with van der Waals surface area (Å²) in [4.78, 5) is 11.4. The lowest BCUT2D eigenvalue weighted by molar-refractivity contribution is -0.137. The molecule has 0 radical (unpaired) electrons. The van der Waals surface area contributed by atoms with Crippen molar-refractivity contribution >= 4 is 12.0 Å². The molecule has 0 aliphatic rings. The van der Waals surface area contributed by atoms with Gasteiger partial charge in [0.05, 0.1) is 6.61 Å². The van der Waals surface area contributed by atoms with Gasteiger partial charge in [-0.2, -0.15) is 0 Å². The number of hydrogen-bond donors (Lipinski definition) is 0. The average molecular weight is 266 g/mol. The first kappa shape index (κ1) is 14.1. The Balaban J connectivity index is 2.31. The fraction of sp³-hybridized carbons (Fsp3) is 0.167. The van der Waals surface area contributed by atoms with Crippen LogP contribution in [0, 0.1) is 6.92 Å². The summed E-state index contributed by atoms with van der Waals surface area (Å²) >= 11 is 0. The van der Waals surface area contributed by atoms with E-state index in [0.29, 0.717) is 6.61 Å². The Morgan fingerprint density at radius 2 is 1.85 bits per heavy atom. The van der Waals surface area contributed by atoms with Crippen LogP contribution in [0.1, 0.15) is 18.1 Å². The van der Waals surface area contributed by atoms with Crippen LogP contribution in [-0.2, 0) is 9.53 Å². The van der Waals surface area contributed by atoms with E-state index in [1.165, 1.54) is 17.2 Å². The van der Waals surface area contributed by atoms with Gasteiger partial charge in [-0.1, -0.05) is 48.5 Å². The molecule has 0 saturated heterocycles. The lowest BCUT2D eigenvalue weighted by atomic mass is 9.96. The van der Waals surface area contributed by atoms with Gasteiger partial charge < -0.3 is 4.74 Å². The second kappa shape index (κ2) is 6.71. The molecule has 0 aliphatic heterocycles. The fourth-order valence-corrected chi connectivity index (χ4v) is 2.11. The third-order valence-corrected chi connectivity index (χ3v) is 3.15. The molecule has 0 heterocycles. The molecule has 102 valence electrons. The maximum Gasteiger partial charge on any atom is 0.330 e. The Hall–Kier alpha value is -2.35. The summed E-state index contributed by atoms with van der Waals surface area (Å²) in [6.07, 6.45) is 3.28. The zero-order chi connectivity index (χ0) is 14.4. The van der Waals surface area contributed by atoms with Crippen LogP contribution >= 0.6 is 0 Å². The fourth-order valence-electron chi connectivity index (χ4n) is 2.11. The molecule has 0 atom stereocenters. The van der Waals surface area contributed by atoms with E-state index < -0.39 is 0 Å². The molecule has 0 fully saturated rings. The van der Waals surface area contributed by atoms with Crippen LogP contribution in [0.15, 0.2) is 54.6 Å². The van der Waals surface area contributed by atoms with Crippen molar-refractivity contribution in [3.05, 3.63) is 65.7 Å². The van der Waals surface area contributed by atoms with E-state index in [9.17, 15) is 4.79 Å². The summed E-state index contributed by atoms with van der Waals surface area (Å²) in [5, 5.41) is 0. The molecule has 0 amide bonds. The highest BCUT2D eigenvalue weighted by atomic mass is 16.5. The monoisotopic (exact) mass is 266 g/mol. The Morgan fingerprint density at radius 3 is 2.55 bits per heavy atom. The number of benzene rings is 2. The molecule has 0 spiro atoms. The minimum absolute atomic E-state index is 0.308. The molecule has 0 N–H and O–H groups in total. The maximum absolute atomic E-state index is 11.4. The predicted molar refractivity (Wildman–Crippen MR) is 82.3 cm³/mol. The van der Waals surface area contributed by atoms with Gasteiger partial charge in [-0.3, -0.25) is 0 Å². The Kier molecular flexibility index (Phi) is 4.72. The van der Waals surface area contributed by atoms with E-state index in [1.807, 2.05) is 30.3 Å². The summed E-state index contributed by atoms with van der Waals surface area (Å²) in [5.41, 5.74) is 4.53. The van der Waals surface area contributed by atoms with Crippen molar-refractivity contribution in [3.63, 3.8) is 0 Å². The van der Waals surface area contributed by atoms with Gasteiger partial charge in [-0.25, -0.2) is 4.79 Å². The van der Waals surface area contributed by atoms with Crippen molar-refractivity contribution < 1.29 is 9.53 Å². The lowest BCUT2D eigenvalue weighted by Crippen LogP contribution is -1.98. The first-order valence-electron chi connectivity index (χ1n) is 6.72. The highest BCUT2D eigenvalue weighted by Gasteiger charge is 2.04. The van der Waals surface area contributed by atoms with E-state index in [2.05, 4.69) is 25.1 Å². The number of ether oxygens (including phenoxy) is 1. The summed E-state index contributed by atoms with van der Waals surface area (Å²) < 4.78 is 4.89. The zero-order valence-corrected chi connectivity index (χ0v) is 11.8. The third-order valence-electron chi connectivity index (χ3n) is 3.15. The van der Waals surface area contributed by atoms with Crippen molar-refractivity contribution in [3.8, 4) is 11.1 Å². The number of carbonyl (C=O) groups excluding carboxylic acids is 1. The summed E-state index contributed by atoms with van der Waals surface area (Å²) in [6.45, 7) is 4.26. The second-order valence-corrected chi connectivity index (χ2v) is 4.47. The van der Waals surface area contributed by atoms with Gasteiger partial charge in [0.1, 0.15) is 0 Å². The van der Waals surface area contributed by atoms with Gasteiger partial charge in [0.2, 0.25) is 0 Å². The predicted octanol–water partition coefficient (Wildman–Crippen LogP) is 4.24. The van der Waals surface area contributed by atoms with Crippen LogP contribution < -0.4 is 0 Å². The van der Waals surface area contributed by atoms with Gasteiger partial charge in [-0.05, 0) is 42.2 Å². The van der Waals surface area contributed by atoms with Crippen molar-refractivity contribution in [2.24, 2.45) is 0 Å². The SMILES string of the molecule is CCOC(=O)/C=C/c1cccc(-c2ccccc2)c1C. The number of hydrogen-bond acceptors (Lipinski definition) is 2. The van der Waals surface area contributed by atoms with Crippen molar-refractivity contribution in [2.45, 2.75) is 13.8 Å². The molecule has 0 bridgehead atoms. The number of rotatable bonds is 4. The quantitative estimate of drug-likeness (QED) is 0.611. The van der Waals surface area contributed by atoms with Crippen LogP contribution in [0.2, 0.25) is 0 Å². The van der Waals surface area contributed by atoms with Crippen molar-refractivity contribution in [1.82, 2.24) is 0 Å². The summed E-state index contributed by atoms with van der Waals surface area (Å²) in [6, 6.07) is 16.3. The number of esters is 1. The highest BCUT2D eigenvalue weighted by Crippen LogP contribution is 2.26. The van der Waals surface area contributed by atoms with E-state index in [-0.39, 0.29) is 5.97 Å². The smallest absolute Gasteiger partial charge is 0.330 e. The normalized spacial score (nSPS) is 10.7. The maximum atomic E-state index is 11.4. The number of carbonyl (C=O) groups is 1. The summed E-state index contributed by atoms with van der Waals surface area (Å²) in [7, 11) is 0. The molecule has 2 heteroatoms. The van der Waals surface area contributed by atoms with E-state index in [4.69, 9.17) is 4.74 Å². The largest absolute Gasteiger partial charge is 0.463 e. The first-order valence-corrected chi connectivity index (χ1v) is 6.72. The average Bonchev–Trinajstić information content (AvgIpc) is 2.47. The van der Waals surface area contributed by atoms with Gasteiger partial charge in [0, 0.05) is 6.08 Å². The molecule has 2 nitrogen and oxygen atoms in total. The lowest BCUT2D eigenvalue weighted by Gasteiger charge is -2.09. The van der Waals surface area contributed by atoms with Crippen LogP contribution in [0.3, 0.4) is 0 Å². The molecular formula is C18H18O2. The Morgan fingerprint density at radius 1 is 1.10 bits per heavy atom. The molecular weight excluding hydrogens is 248 g/mol. The van der Waals surface area contributed by atoms with Crippen LogP contribution in [0.25, 0.3) is 17.2 Å². The first-order chi connectivity index (χ1) is 9.72. The van der Waals surface area contributed by atoms with Gasteiger partial charge in [-0.15, -0.1) is 0 Å². The third kappa shape index (κ3) is 3.35. The topological polar surface area (TPSA) is 26.3 Å². The molecule has 0 aliphatic carbocycles. The van der Waals surface area contributed by atoms with E-state index >= 15 is 0 Å².